The average molecular weight is 298 g/mol. The van der Waals surface area contributed by atoms with Crippen molar-refractivity contribution in [3.8, 4) is 17.1 Å². The molecule has 0 spiro atoms. The molecule has 0 saturated carbocycles. The van der Waals surface area contributed by atoms with E-state index >= 15 is 0 Å². The Bertz CT molecular complexity index is 747. The number of benzene rings is 1. The lowest BCUT2D eigenvalue weighted by molar-refractivity contribution is -0.364. The first-order chi connectivity index (χ1) is 10.8. The topological polar surface area (TPSA) is 101 Å². The lowest BCUT2D eigenvalue weighted by Gasteiger charge is -2.02. The van der Waals surface area contributed by atoms with Crippen molar-refractivity contribution < 1.29 is 15.1 Å². The van der Waals surface area contributed by atoms with Crippen LogP contribution in [-0.4, -0.2) is 33.7 Å². The lowest BCUT2D eigenvalue weighted by atomic mass is 10.2. The number of aromatic nitrogens is 3. The minimum absolute atomic E-state index is 0.0436. The largest absolute Gasteiger partial charge is 0.356 e. The van der Waals surface area contributed by atoms with Crippen molar-refractivity contribution in [2.75, 3.05) is 13.1 Å². The van der Waals surface area contributed by atoms with Crippen molar-refractivity contribution in [3.05, 3.63) is 54.7 Å². The molecule has 0 aliphatic carbocycles. The quantitative estimate of drug-likeness (QED) is 0.716. The highest BCUT2D eigenvalue weighted by molar-refractivity contribution is 5.89. The highest BCUT2D eigenvalue weighted by atomic mass is 16.5. The fourth-order valence-corrected chi connectivity index (χ4v) is 2.00. The predicted molar refractivity (Wildman–Crippen MR) is 79.1 cm³/mol. The molecular weight excluding hydrogens is 282 g/mol. The third-order valence-electron chi connectivity index (χ3n) is 3.11. The van der Waals surface area contributed by atoms with Crippen LogP contribution in [-0.2, 0) is 0 Å². The number of hydrogen-bond donors (Lipinski definition) is 2. The second-order valence-corrected chi connectivity index (χ2v) is 4.67. The van der Waals surface area contributed by atoms with Crippen LogP contribution in [0.3, 0.4) is 0 Å². The summed E-state index contributed by atoms with van der Waals surface area (Å²) in [4.78, 5) is 15.8. The molecule has 0 bridgehead atoms. The molecule has 1 aromatic carbocycles. The average Bonchev–Trinajstić information content (AvgIpc) is 3.24. The monoisotopic (exact) mass is 298 g/mol. The van der Waals surface area contributed by atoms with Crippen LogP contribution in [0.1, 0.15) is 10.7 Å². The second kappa shape index (κ2) is 6.23. The molecule has 0 saturated heterocycles. The number of nitrogens with one attached hydrogen (secondary N) is 1. The van der Waals surface area contributed by atoms with E-state index in [1.54, 1.807) is 0 Å². The summed E-state index contributed by atoms with van der Waals surface area (Å²) in [6.45, 7) is 1.08. The zero-order valence-corrected chi connectivity index (χ0v) is 11.9. The number of carbonyl (C=O) groups excluding carboxylic acids is 1. The summed E-state index contributed by atoms with van der Waals surface area (Å²) < 4.78 is 6.98. The Hall–Kier alpha value is -2.93. The summed E-state index contributed by atoms with van der Waals surface area (Å²) in [7, 11) is 0. The standard InChI is InChI=1S/C15H15N5O2/c16-7-8-17-14(21)15-18-13(19-22-15)11-3-5-12(6-4-11)20-9-1-2-10-20/h1-6,9-10H,7-8,16H2,(H,17,21)/p+1. The van der Waals surface area contributed by atoms with Crippen molar-refractivity contribution in [2.45, 2.75) is 0 Å². The van der Waals surface area contributed by atoms with Crippen molar-refractivity contribution in [2.24, 2.45) is 0 Å². The third-order valence-corrected chi connectivity index (χ3v) is 3.11. The molecule has 0 aliphatic heterocycles. The van der Waals surface area contributed by atoms with Gasteiger partial charge in [0.2, 0.25) is 5.82 Å². The number of nitrogens with zero attached hydrogens (tertiary/aromatic N) is 3. The Morgan fingerprint density at radius 1 is 1.23 bits per heavy atom. The van der Waals surface area contributed by atoms with Gasteiger partial charge in [-0.1, -0.05) is 5.16 Å². The van der Waals surface area contributed by atoms with Crippen LogP contribution in [0.4, 0.5) is 0 Å². The number of amides is 1. The highest BCUT2D eigenvalue weighted by Gasteiger charge is 2.15. The van der Waals surface area contributed by atoms with Gasteiger partial charge in [-0.2, -0.15) is 4.98 Å². The summed E-state index contributed by atoms with van der Waals surface area (Å²) >= 11 is 0. The molecule has 0 aliphatic rings. The van der Waals surface area contributed by atoms with Crippen molar-refractivity contribution >= 4 is 5.91 Å². The van der Waals surface area contributed by atoms with Gasteiger partial charge >= 0.3 is 11.8 Å². The molecule has 1 amide bonds. The molecule has 22 heavy (non-hydrogen) atoms. The molecule has 7 heteroatoms. The van der Waals surface area contributed by atoms with E-state index in [2.05, 4.69) is 21.2 Å². The van der Waals surface area contributed by atoms with Crippen LogP contribution >= 0.6 is 0 Å². The fourth-order valence-electron chi connectivity index (χ4n) is 2.00. The zero-order valence-electron chi connectivity index (χ0n) is 11.9. The zero-order chi connectivity index (χ0) is 15.4. The predicted octanol–water partition coefficient (Wildman–Crippen LogP) is 0.499. The van der Waals surface area contributed by atoms with Crippen LogP contribution in [0.2, 0.25) is 0 Å². The Labute approximate surface area is 126 Å². The molecule has 0 atom stereocenters. The number of carbonyl (C=O) groups is 1. The van der Waals surface area contributed by atoms with Gasteiger partial charge in [-0.15, -0.1) is 0 Å². The van der Waals surface area contributed by atoms with Gasteiger partial charge in [0.25, 0.3) is 0 Å². The minimum atomic E-state index is -0.383. The first-order valence-electron chi connectivity index (χ1n) is 6.93. The van der Waals surface area contributed by atoms with E-state index in [0.29, 0.717) is 18.9 Å². The van der Waals surface area contributed by atoms with Crippen molar-refractivity contribution in [3.63, 3.8) is 0 Å². The molecule has 0 fully saturated rings. The van der Waals surface area contributed by atoms with E-state index < -0.39 is 0 Å². The second-order valence-electron chi connectivity index (χ2n) is 4.67. The SMILES string of the molecule is [NH3+]CCNC(=O)c1nc(-c2ccc(-n3cccc3)cc2)no1. The van der Waals surface area contributed by atoms with Crippen LogP contribution in [0.5, 0.6) is 0 Å². The summed E-state index contributed by atoms with van der Waals surface area (Å²) in [6.07, 6.45) is 3.93. The summed E-state index contributed by atoms with van der Waals surface area (Å²) in [5, 5.41) is 6.48. The molecule has 3 rings (SSSR count). The summed E-state index contributed by atoms with van der Waals surface area (Å²) in [6, 6.07) is 11.6. The van der Waals surface area contributed by atoms with Gasteiger partial charge in [0.05, 0.1) is 13.1 Å². The van der Waals surface area contributed by atoms with Crippen molar-refractivity contribution in [1.29, 1.82) is 0 Å². The molecular formula is C15H16N5O2+. The van der Waals surface area contributed by atoms with Gasteiger partial charge in [-0.05, 0) is 36.4 Å². The first kappa shape index (κ1) is 14.0. The highest BCUT2D eigenvalue weighted by Crippen LogP contribution is 2.18. The van der Waals surface area contributed by atoms with E-state index in [1.165, 1.54) is 0 Å². The van der Waals surface area contributed by atoms with Gasteiger partial charge in [-0.3, -0.25) is 4.79 Å². The Kier molecular flexibility index (Phi) is 3.97. The molecule has 0 unspecified atom stereocenters. The van der Waals surface area contributed by atoms with Gasteiger partial charge < -0.3 is 20.1 Å². The first-order valence-corrected chi connectivity index (χ1v) is 6.93. The fraction of sp³-hybridized carbons (Fsp3) is 0.133. The van der Waals surface area contributed by atoms with E-state index in [-0.39, 0.29) is 11.8 Å². The molecule has 2 aromatic heterocycles. The molecule has 2 heterocycles. The van der Waals surface area contributed by atoms with Crippen LogP contribution in [0.15, 0.2) is 53.3 Å². The Morgan fingerprint density at radius 2 is 1.95 bits per heavy atom. The maximum absolute atomic E-state index is 11.7. The Balaban J connectivity index is 1.77. The van der Waals surface area contributed by atoms with E-state index in [4.69, 9.17) is 4.52 Å². The number of hydrogen-bond acceptors (Lipinski definition) is 4. The number of rotatable bonds is 5. The van der Waals surface area contributed by atoms with Gasteiger partial charge in [0.1, 0.15) is 0 Å². The van der Waals surface area contributed by atoms with E-state index in [1.807, 2.05) is 53.4 Å². The lowest BCUT2D eigenvalue weighted by Crippen LogP contribution is -2.54. The van der Waals surface area contributed by atoms with E-state index in [9.17, 15) is 4.79 Å². The number of quaternary nitrogens is 1. The maximum Gasteiger partial charge on any atom is 0.316 e. The van der Waals surface area contributed by atoms with Gasteiger partial charge in [-0.25, -0.2) is 0 Å². The van der Waals surface area contributed by atoms with Gasteiger partial charge in [0.15, 0.2) is 0 Å². The molecule has 3 aromatic rings. The molecule has 7 nitrogen and oxygen atoms in total. The summed E-state index contributed by atoms with van der Waals surface area (Å²) in [5.41, 5.74) is 5.47. The maximum atomic E-state index is 11.7. The van der Waals surface area contributed by atoms with Gasteiger partial charge in [0, 0.05) is 23.6 Å². The van der Waals surface area contributed by atoms with Crippen molar-refractivity contribution in [1.82, 2.24) is 20.0 Å². The minimum Gasteiger partial charge on any atom is -0.356 e. The third kappa shape index (κ3) is 2.89. The van der Waals surface area contributed by atoms with E-state index in [0.717, 1.165) is 11.3 Å². The van der Waals surface area contributed by atoms with Crippen LogP contribution in [0.25, 0.3) is 17.1 Å². The Morgan fingerprint density at radius 3 is 2.64 bits per heavy atom. The summed E-state index contributed by atoms with van der Waals surface area (Å²) in [5.74, 6) is -0.0388. The van der Waals surface area contributed by atoms with Crippen LogP contribution in [0, 0.1) is 0 Å². The van der Waals surface area contributed by atoms with Crippen LogP contribution < -0.4 is 11.1 Å². The smallest absolute Gasteiger partial charge is 0.316 e. The molecule has 0 radical (unpaired) electrons. The molecule has 112 valence electrons. The molecule has 4 N–H and O–H groups in total. The normalized spacial score (nSPS) is 10.6.